The molecular formula is C12H15BrN2O2. The van der Waals surface area contributed by atoms with E-state index in [1.807, 2.05) is 13.0 Å². The second-order valence-corrected chi connectivity index (χ2v) is 5.28. The van der Waals surface area contributed by atoms with E-state index in [1.165, 1.54) is 0 Å². The van der Waals surface area contributed by atoms with E-state index >= 15 is 0 Å². The van der Waals surface area contributed by atoms with Crippen LogP contribution < -0.4 is 11.1 Å². The Morgan fingerprint density at radius 3 is 2.47 bits per heavy atom. The SMILES string of the molecule is Cc1ccc(Br)c(C(=O)NC(C)(C)C(N)=O)c1. The number of primary amides is 1. The van der Waals surface area contributed by atoms with Crippen molar-refractivity contribution >= 4 is 27.7 Å². The molecule has 0 unspecified atom stereocenters. The molecule has 1 rings (SSSR count). The van der Waals surface area contributed by atoms with E-state index < -0.39 is 11.4 Å². The van der Waals surface area contributed by atoms with Gasteiger partial charge in [-0.05, 0) is 48.8 Å². The van der Waals surface area contributed by atoms with Crippen LogP contribution in [0.3, 0.4) is 0 Å². The summed E-state index contributed by atoms with van der Waals surface area (Å²) in [7, 11) is 0. The summed E-state index contributed by atoms with van der Waals surface area (Å²) in [5.41, 5.74) is 5.58. The van der Waals surface area contributed by atoms with Gasteiger partial charge in [0.2, 0.25) is 5.91 Å². The van der Waals surface area contributed by atoms with Crippen molar-refractivity contribution in [2.24, 2.45) is 5.73 Å². The quantitative estimate of drug-likeness (QED) is 0.892. The lowest BCUT2D eigenvalue weighted by atomic mass is 10.0. The lowest BCUT2D eigenvalue weighted by molar-refractivity contribution is -0.122. The van der Waals surface area contributed by atoms with Gasteiger partial charge in [-0.1, -0.05) is 11.6 Å². The highest BCUT2D eigenvalue weighted by molar-refractivity contribution is 9.10. The molecule has 0 bridgehead atoms. The van der Waals surface area contributed by atoms with Crippen molar-refractivity contribution in [3.8, 4) is 0 Å². The molecule has 0 saturated heterocycles. The Bertz CT molecular complexity index is 470. The number of carbonyl (C=O) groups is 2. The minimum Gasteiger partial charge on any atom is -0.368 e. The number of benzene rings is 1. The van der Waals surface area contributed by atoms with Crippen LogP contribution in [0.1, 0.15) is 29.8 Å². The van der Waals surface area contributed by atoms with Crippen LogP contribution in [0, 0.1) is 6.92 Å². The third-order valence-corrected chi connectivity index (χ3v) is 3.10. The van der Waals surface area contributed by atoms with Crippen molar-refractivity contribution in [3.63, 3.8) is 0 Å². The highest BCUT2D eigenvalue weighted by Crippen LogP contribution is 2.18. The lowest BCUT2D eigenvalue weighted by Gasteiger charge is -2.22. The van der Waals surface area contributed by atoms with Gasteiger partial charge in [0.15, 0.2) is 0 Å². The number of carbonyl (C=O) groups excluding carboxylic acids is 2. The van der Waals surface area contributed by atoms with Gasteiger partial charge in [-0.3, -0.25) is 9.59 Å². The van der Waals surface area contributed by atoms with Crippen LogP contribution in [0.2, 0.25) is 0 Å². The molecule has 0 radical (unpaired) electrons. The molecular weight excluding hydrogens is 284 g/mol. The Hall–Kier alpha value is -1.36. The fourth-order valence-electron chi connectivity index (χ4n) is 1.23. The first-order valence-electron chi connectivity index (χ1n) is 5.12. The summed E-state index contributed by atoms with van der Waals surface area (Å²) >= 11 is 3.30. The molecule has 3 N–H and O–H groups in total. The average Bonchev–Trinajstić information content (AvgIpc) is 2.20. The van der Waals surface area contributed by atoms with Crippen molar-refractivity contribution in [2.45, 2.75) is 26.3 Å². The van der Waals surface area contributed by atoms with Crippen molar-refractivity contribution in [2.75, 3.05) is 0 Å². The molecule has 0 fully saturated rings. The summed E-state index contributed by atoms with van der Waals surface area (Å²) in [5.74, 6) is -0.904. The van der Waals surface area contributed by atoms with Crippen molar-refractivity contribution in [1.82, 2.24) is 5.32 Å². The molecule has 4 nitrogen and oxygen atoms in total. The first-order valence-corrected chi connectivity index (χ1v) is 5.92. The monoisotopic (exact) mass is 298 g/mol. The predicted molar refractivity (Wildman–Crippen MR) is 69.6 cm³/mol. The molecule has 1 aromatic rings. The van der Waals surface area contributed by atoms with Gasteiger partial charge >= 0.3 is 0 Å². The van der Waals surface area contributed by atoms with Gasteiger partial charge in [0.1, 0.15) is 5.54 Å². The number of hydrogen-bond donors (Lipinski definition) is 2. The van der Waals surface area contributed by atoms with E-state index in [-0.39, 0.29) is 5.91 Å². The molecule has 17 heavy (non-hydrogen) atoms. The zero-order valence-corrected chi connectivity index (χ0v) is 11.6. The molecule has 0 spiro atoms. The van der Waals surface area contributed by atoms with Crippen LogP contribution in [0.25, 0.3) is 0 Å². The molecule has 1 aromatic carbocycles. The molecule has 0 aliphatic heterocycles. The Balaban J connectivity index is 2.98. The number of hydrogen-bond acceptors (Lipinski definition) is 2. The minimum atomic E-state index is -1.07. The molecule has 0 aliphatic rings. The van der Waals surface area contributed by atoms with Gasteiger partial charge in [0.25, 0.3) is 5.91 Å². The van der Waals surface area contributed by atoms with E-state index in [4.69, 9.17) is 5.73 Å². The maximum absolute atomic E-state index is 12.0. The maximum Gasteiger partial charge on any atom is 0.253 e. The summed E-state index contributed by atoms with van der Waals surface area (Å²) in [6.07, 6.45) is 0. The second kappa shape index (κ2) is 4.87. The summed E-state index contributed by atoms with van der Waals surface area (Å²) in [6, 6.07) is 5.43. The Morgan fingerprint density at radius 2 is 1.94 bits per heavy atom. The van der Waals surface area contributed by atoms with Crippen molar-refractivity contribution < 1.29 is 9.59 Å². The molecule has 0 atom stereocenters. The van der Waals surface area contributed by atoms with Gasteiger partial charge in [-0.25, -0.2) is 0 Å². The molecule has 0 heterocycles. The zero-order chi connectivity index (χ0) is 13.2. The normalized spacial score (nSPS) is 11.1. The van der Waals surface area contributed by atoms with Crippen LogP contribution in [0.4, 0.5) is 0 Å². The number of aryl methyl sites for hydroxylation is 1. The standard InChI is InChI=1S/C12H15BrN2O2/c1-7-4-5-9(13)8(6-7)10(16)15-12(2,3)11(14)17/h4-6H,1-3H3,(H2,14,17)(H,15,16). The summed E-state index contributed by atoms with van der Waals surface area (Å²) in [6.45, 7) is 5.02. The highest BCUT2D eigenvalue weighted by Gasteiger charge is 2.27. The summed E-state index contributed by atoms with van der Waals surface area (Å²) in [5, 5.41) is 2.60. The third-order valence-electron chi connectivity index (χ3n) is 2.41. The van der Waals surface area contributed by atoms with Gasteiger partial charge < -0.3 is 11.1 Å². The van der Waals surface area contributed by atoms with Crippen LogP contribution in [0.15, 0.2) is 22.7 Å². The van der Waals surface area contributed by atoms with Crippen LogP contribution in [0.5, 0.6) is 0 Å². The number of amides is 2. The molecule has 0 aliphatic carbocycles. The predicted octanol–water partition coefficient (Wildman–Crippen LogP) is 1.75. The number of nitrogens with two attached hydrogens (primary N) is 1. The van der Waals surface area contributed by atoms with Crippen LogP contribution in [-0.2, 0) is 4.79 Å². The van der Waals surface area contributed by atoms with E-state index in [1.54, 1.807) is 26.0 Å². The van der Waals surface area contributed by atoms with Gasteiger partial charge in [-0.15, -0.1) is 0 Å². The summed E-state index contributed by atoms with van der Waals surface area (Å²) < 4.78 is 0.681. The van der Waals surface area contributed by atoms with Crippen molar-refractivity contribution in [1.29, 1.82) is 0 Å². The van der Waals surface area contributed by atoms with Crippen LogP contribution in [-0.4, -0.2) is 17.4 Å². The highest BCUT2D eigenvalue weighted by atomic mass is 79.9. The minimum absolute atomic E-state index is 0.329. The lowest BCUT2D eigenvalue weighted by Crippen LogP contribution is -2.53. The Kier molecular flexibility index (Phi) is 3.93. The topological polar surface area (TPSA) is 72.2 Å². The van der Waals surface area contributed by atoms with Gasteiger partial charge in [0, 0.05) is 4.47 Å². The number of nitrogens with one attached hydrogen (secondary N) is 1. The zero-order valence-electron chi connectivity index (χ0n) is 10.0. The van der Waals surface area contributed by atoms with Gasteiger partial charge in [-0.2, -0.15) is 0 Å². The fraction of sp³-hybridized carbons (Fsp3) is 0.333. The van der Waals surface area contributed by atoms with E-state index in [0.29, 0.717) is 10.0 Å². The third kappa shape index (κ3) is 3.30. The molecule has 5 heteroatoms. The first-order chi connectivity index (χ1) is 7.74. The number of halogens is 1. The Labute approximate surface area is 109 Å². The van der Waals surface area contributed by atoms with E-state index in [0.717, 1.165) is 5.56 Å². The Morgan fingerprint density at radius 1 is 1.35 bits per heavy atom. The van der Waals surface area contributed by atoms with E-state index in [9.17, 15) is 9.59 Å². The largest absolute Gasteiger partial charge is 0.368 e. The number of rotatable bonds is 3. The first kappa shape index (κ1) is 13.7. The summed E-state index contributed by atoms with van der Waals surface area (Å²) in [4.78, 5) is 23.1. The molecule has 92 valence electrons. The van der Waals surface area contributed by atoms with E-state index in [2.05, 4.69) is 21.2 Å². The van der Waals surface area contributed by atoms with Crippen molar-refractivity contribution in [3.05, 3.63) is 33.8 Å². The van der Waals surface area contributed by atoms with Gasteiger partial charge in [0.05, 0.1) is 5.56 Å². The molecule has 0 saturated carbocycles. The smallest absolute Gasteiger partial charge is 0.253 e. The maximum atomic E-state index is 12.0. The average molecular weight is 299 g/mol. The van der Waals surface area contributed by atoms with Crippen LogP contribution >= 0.6 is 15.9 Å². The fourth-order valence-corrected chi connectivity index (χ4v) is 1.65. The molecule has 2 amide bonds. The second-order valence-electron chi connectivity index (χ2n) is 4.43. The molecule has 0 aromatic heterocycles.